The summed E-state index contributed by atoms with van der Waals surface area (Å²) in [6.45, 7) is 6.22. The van der Waals surface area contributed by atoms with Gasteiger partial charge in [0.2, 0.25) is 0 Å². The lowest BCUT2D eigenvalue weighted by Gasteiger charge is -2.38. The Morgan fingerprint density at radius 1 is 1.13 bits per heavy atom. The van der Waals surface area contributed by atoms with Crippen molar-refractivity contribution < 1.29 is 27.5 Å². The Hall–Kier alpha value is -3.60. The summed E-state index contributed by atoms with van der Waals surface area (Å²) in [5.41, 5.74) is 0.843. The summed E-state index contributed by atoms with van der Waals surface area (Å²) in [4.78, 5) is 32.5. The number of nitrogens with zero attached hydrogens (tertiary/aromatic N) is 3. The number of rotatable bonds is 5. The van der Waals surface area contributed by atoms with Crippen LogP contribution in [0.25, 0.3) is 5.65 Å². The third kappa shape index (κ3) is 6.19. The molecule has 3 aromatic rings. The monoisotopic (exact) mass is 554 g/mol. The van der Waals surface area contributed by atoms with Crippen molar-refractivity contribution in [1.29, 1.82) is 0 Å². The lowest BCUT2D eigenvalue weighted by molar-refractivity contribution is 0.0463. The number of hydrogen-bond acceptors (Lipinski definition) is 7. The van der Waals surface area contributed by atoms with Gasteiger partial charge in [-0.15, -0.1) is 0 Å². The van der Waals surface area contributed by atoms with Crippen LogP contribution in [0.3, 0.4) is 0 Å². The molecule has 2 amide bonds. The molecule has 2 aliphatic rings. The van der Waals surface area contributed by atoms with Crippen molar-refractivity contribution in [2.24, 2.45) is 5.41 Å². The molecule has 2 fully saturated rings. The highest BCUT2D eigenvalue weighted by Gasteiger charge is 2.51. The van der Waals surface area contributed by atoms with Crippen LogP contribution >= 0.6 is 0 Å². The molecule has 5 rings (SSSR count). The molecule has 2 aromatic heterocycles. The van der Waals surface area contributed by atoms with E-state index >= 15 is 0 Å². The van der Waals surface area contributed by atoms with E-state index in [-0.39, 0.29) is 30.6 Å². The fourth-order valence-electron chi connectivity index (χ4n) is 5.34. The van der Waals surface area contributed by atoms with E-state index in [0.717, 1.165) is 11.3 Å². The molecule has 10 nitrogen and oxygen atoms in total. The van der Waals surface area contributed by atoms with Crippen LogP contribution < -0.4 is 10.1 Å². The third-order valence-corrected chi connectivity index (χ3v) is 8.98. The minimum absolute atomic E-state index is 0.0356. The van der Waals surface area contributed by atoms with Gasteiger partial charge in [-0.1, -0.05) is 12.1 Å². The first-order chi connectivity index (χ1) is 18.4. The predicted octanol–water partition coefficient (Wildman–Crippen LogP) is 3.46. The Morgan fingerprint density at radius 3 is 2.62 bits per heavy atom. The lowest BCUT2D eigenvalue weighted by Crippen LogP contribution is -2.51. The molecule has 2 saturated heterocycles. The number of likely N-dealkylation sites (tertiary alicyclic amines) is 1. The predicted molar refractivity (Wildman–Crippen MR) is 145 cm³/mol. The van der Waals surface area contributed by atoms with Crippen molar-refractivity contribution in [2.45, 2.75) is 51.9 Å². The number of sulfone groups is 1. The molecule has 1 spiro atoms. The van der Waals surface area contributed by atoms with Gasteiger partial charge in [-0.2, -0.15) is 0 Å². The number of carbonyl (C=O) groups is 2. The van der Waals surface area contributed by atoms with Gasteiger partial charge in [0.1, 0.15) is 33.4 Å². The maximum Gasteiger partial charge on any atom is 0.407 e. The fourth-order valence-corrected chi connectivity index (χ4v) is 6.98. The molecule has 0 aliphatic carbocycles. The van der Waals surface area contributed by atoms with Gasteiger partial charge in [0, 0.05) is 36.5 Å². The van der Waals surface area contributed by atoms with Crippen LogP contribution in [0.4, 0.5) is 4.79 Å². The van der Waals surface area contributed by atoms with Crippen LogP contribution in [0.15, 0.2) is 54.9 Å². The van der Waals surface area contributed by atoms with E-state index in [9.17, 15) is 18.0 Å². The number of pyridine rings is 1. The summed E-state index contributed by atoms with van der Waals surface area (Å²) < 4.78 is 37.7. The molecule has 0 bridgehead atoms. The van der Waals surface area contributed by atoms with Gasteiger partial charge in [0.15, 0.2) is 0 Å². The van der Waals surface area contributed by atoms with E-state index in [1.165, 1.54) is 0 Å². The largest absolute Gasteiger partial charge is 0.487 e. The summed E-state index contributed by atoms with van der Waals surface area (Å²) in [5.74, 6) is 0.412. The average molecular weight is 555 g/mol. The number of fused-ring (bicyclic) bond motifs is 1. The lowest BCUT2D eigenvalue weighted by atomic mass is 9.77. The number of imidazole rings is 1. The minimum atomic E-state index is -3.13. The van der Waals surface area contributed by atoms with Crippen molar-refractivity contribution in [3.05, 3.63) is 66.1 Å². The number of aromatic nitrogens is 2. The van der Waals surface area contributed by atoms with Gasteiger partial charge < -0.3 is 24.1 Å². The molecule has 1 unspecified atom stereocenters. The highest BCUT2D eigenvalue weighted by Crippen LogP contribution is 2.42. The summed E-state index contributed by atoms with van der Waals surface area (Å²) in [7, 11) is -3.13. The second-order valence-corrected chi connectivity index (χ2v) is 13.7. The first-order valence-electron chi connectivity index (χ1n) is 13.1. The van der Waals surface area contributed by atoms with Crippen LogP contribution in [0, 0.1) is 5.41 Å². The second-order valence-electron chi connectivity index (χ2n) is 11.4. The SMILES string of the molecule is CC(C)(C)OC(=O)NC1CN(C(=O)c2cccc(OCc3cn4ccccc4n3)c2)CC12CCS(=O)(=O)CC2. The van der Waals surface area contributed by atoms with E-state index in [2.05, 4.69) is 10.3 Å². The number of benzene rings is 1. The molecule has 1 N–H and O–H groups in total. The van der Waals surface area contributed by atoms with Crippen LogP contribution in [0.5, 0.6) is 5.75 Å². The molecule has 208 valence electrons. The molecule has 1 aromatic carbocycles. The Bertz CT molecular complexity index is 1450. The van der Waals surface area contributed by atoms with Gasteiger partial charge >= 0.3 is 6.09 Å². The topological polar surface area (TPSA) is 119 Å². The quantitative estimate of drug-likeness (QED) is 0.513. The zero-order chi connectivity index (χ0) is 27.8. The van der Waals surface area contributed by atoms with Crippen LogP contribution in [-0.2, 0) is 21.2 Å². The minimum Gasteiger partial charge on any atom is -0.487 e. The zero-order valence-electron chi connectivity index (χ0n) is 22.4. The van der Waals surface area contributed by atoms with Gasteiger partial charge in [-0.25, -0.2) is 18.2 Å². The van der Waals surface area contributed by atoms with Gasteiger partial charge in [-0.3, -0.25) is 4.79 Å². The van der Waals surface area contributed by atoms with Crippen molar-refractivity contribution in [3.63, 3.8) is 0 Å². The summed E-state index contributed by atoms with van der Waals surface area (Å²) in [5, 5.41) is 2.94. The van der Waals surface area contributed by atoms with E-state index in [4.69, 9.17) is 9.47 Å². The number of carbonyl (C=O) groups excluding carboxylic acids is 2. The highest BCUT2D eigenvalue weighted by molar-refractivity contribution is 7.91. The van der Waals surface area contributed by atoms with Crippen molar-refractivity contribution in [3.8, 4) is 5.75 Å². The molecule has 0 radical (unpaired) electrons. The number of hydrogen-bond donors (Lipinski definition) is 1. The average Bonchev–Trinajstić information content (AvgIpc) is 3.45. The van der Waals surface area contributed by atoms with E-state index in [1.54, 1.807) is 49.9 Å². The number of alkyl carbamates (subject to hydrolysis) is 1. The zero-order valence-corrected chi connectivity index (χ0v) is 23.2. The molecule has 0 saturated carbocycles. The Kier molecular flexibility index (Phi) is 7.04. The second kappa shape index (κ2) is 10.2. The smallest absolute Gasteiger partial charge is 0.407 e. The van der Waals surface area contributed by atoms with E-state index in [1.807, 2.05) is 35.0 Å². The molecule has 11 heteroatoms. The Balaban J connectivity index is 1.30. The molecule has 39 heavy (non-hydrogen) atoms. The molecule has 4 heterocycles. The van der Waals surface area contributed by atoms with Gasteiger partial charge in [-0.05, 0) is 63.9 Å². The summed E-state index contributed by atoms with van der Waals surface area (Å²) in [6, 6.07) is 12.3. The maximum absolute atomic E-state index is 13.6. The van der Waals surface area contributed by atoms with Crippen LogP contribution in [0.1, 0.15) is 49.7 Å². The molecule has 1 atom stereocenters. The maximum atomic E-state index is 13.6. The van der Waals surface area contributed by atoms with Crippen LogP contribution in [0.2, 0.25) is 0 Å². The molecular formula is C28H34N4O6S. The number of nitrogens with one attached hydrogen (secondary N) is 1. The first kappa shape index (κ1) is 27.0. The Morgan fingerprint density at radius 2 is 1.90 bits per heavy atom. The van der Waals surface area contributed by atoms with E-state index < -0.39 is 33.0 Å². The van der Waals surface area contributed by atoms with Gasteiger partial charge in [0.25, 0.3) is 5.91 Å². The summed E-state index contributed by atoms with van der Waals surface area (Å²) >= 11 is 0. The normalized spacial score (nSPS) is 20.2. The standard InChI is InChI=1S/C28H34N4O6S/c1-27(2,3)38-26(34)30-23-17-32(19-28(23)10-13-39(35,36)14-11-28)25(33)20-7-6-8-22(15-20)37-18-21-16-31-12-5-4-9-24(31)29-21/h4-9,12,15-16,23H,10-11,13-14,17-19H2,1-3H3,(H,30,34). The highest BCUT2D eigenvalue weighted by atomic mass is 32.2. The molecule has 2 aliphatic heterocycles. The van der Waals surface area contributed by atoms with E-state index in [0.29, 0.717) is 30.7 Å². The fraction of sp³-hybridized carbons (Fsp3) is 0.464. The third-order valence-electron chi connectivity index (χ3n) is 7.33. The van der Waals surface area contributed by atoms with Gasteiger partial charge in [0.05, 0.1) is 23.2 Å². The van der Waals surface area contributed by atoms with Crippen molar-refractivity contribution in [2.75, 3.05) is 24.6 Å². The van der Waals surface area contributed by atoms with Crippen LogP contribution in [-0.4, -0.2) is 70.9 Å². The van der Waals surface area contributed by atoms with Crippen molar-refractivity contribution in [1.82, 2.24) is 19.6 Å². The number of ether oxygens (including phenoxy) is 2. The first-order valence-corrected chi connectivity index (χ1v) is 14.9. The Labute approximate surface area is 228 Å². The molecular weight excluding hydrogens is 520 g/mol. The number of amides is 2. The summed E-state index contributed by atoms with van der Waals surface area (Å²) in [6.07, 6.45) is 4.00. The van der Waals surface area contributed by atoms with Crippen molar-refractivity contribution >= 4 is 27.5 Å².